The SMILES string of the molecule is CCCCCCCCCCCOc1ccc(-c2ccc(OC(=O)C(F)C(C)C)cc2)cc1. The third-order valence-corrected chi connectivity index (χ3v) is 5.59. The van der Waals surface area contributed by atoms with Gasteiger partial charge in [-0.25, -0.2) is 9.18 Å². The quantitative estimate of drug-likeness (QED) is 0.158. The second-order valence-corrected chi connectivity index (χ2v) is 8.79. The average molecular weight is 443 g/mol. The Hall–Kier alpha value is -2.36. The van der Waals surface area contributed by atoms with Crippen LogP contribution in [0.3, 0.4) is 0 Å². The summed E-state index contributed by atoms with van der Waals surface area (Å²) in [6.07, 6.45) is 10.1. The Morgan fingerprint density at radius 2 is 1.22 bits per heavy atom. The smallest absolute Gasteiger partial charge is 0.346 e. The molecule has 0 amide bonds. The van der Waals surface area contributed by atoms with Crippen molar-refractivity contribution in [2.75, 3.05) is 6.61 Å². The van der Waals surface area contributed by atoms with E-state index in [1.165, 1.54) is 51.4 Å². The molecule has 0 fully saturated rings. The van der Waals surface area contributed by atoms with Crippen LogP contribution in [0.5, 0.6) is 11.5 Å². The number of carbonyl (C=O) groups excluding carboxylic acids is 1. The lowest BCUT2D eigenvalue weighted by atomic mass is 10.1. The highest BCUT2D eigenvalue weighted by molar-refractivity contribution is 5.77. The Morgan fingerprint density at radius 3 is 1.72 bits per heavy atom. The third-order valence-electron chi connectivity index (χ3n) is 5.59. The molecule has 0 N–H and O–H groups in total. The highest BCUT2D eigenvalue weighted by Gasteiger charge is 2.23. The summed E-state index contributed by atoms with van der Waals surface area (Å²) in [5.74, 6) is -0.0199. The molecule has 4 heteroatoms. The summed E-state index contributed by atoms with van der Waals surface area (Å²) in [4.78, 5) is 11.7. The van der Waals surface area contributed by atoms with Crippen molar-refractivity contribution in [3.63, 3.8) is 0 Å². The fourth-order valence-corrected chi connectivity index (χ4v) is 3.51. The van der Waals surface area contributed by atoms with E-state index in [1.807, 2.05) is 36.4 Å². The van der Waals surface area contributed by atoms with Crippen molar-refractivity contribution in [1.82, 2.24) is 0 Å². The van der Waals surface area contributed by atoms with Crippen molar-refractivity contribution in [2.24, 2.45) is 5.92 Å². The van der Waals surface area contributed by atoms with Gasteiger partial charge < -0.3 is 9.47 Å². The van der Waals surface area contributed by atoms with Crippen LogP contribution in [0.25, 0.3) is 11.1 Å². The topological polar surface area (TPSA) is 35.5 Å². The molecule has 32 heavy (non-hydrogen) atoms. The number of unbranched alkanes of at least 4 members (excludes halogenated alkanes) is 8. The van der Waals surface area contributed by atoms with Gasteiger partial charge >= 0.3 is 5.97 Å². The van der Waals surface area contributed by atoms with Crippen molar-refractivity contribution in [1.29, 1.82) is 0 Å². The van der Waals surface area contributed by atoms with E-state index in [0.717, 1.165) is 29.9 Å². The summed E-state index contributed by atoms with van der Waals surface area (Å²) in [5, 5.41) is 0. The zero-order chi connectivity index (χ0) is 23.2. The number of halogens is 1. The number of carbonyl (C=O) groups is 1. The molecule has 2 aromatic rings. The summed E-state index contributed by atoms with van der Waals surface area (Å²) in [7, 11) is 0. The van der Waals surface area contributed by atoms with Crippen molar-refractivity contribution in [3.8, 4) is 22.6 Å². The first kappa shape index (κ1) is 25.9. The van der Waals surface area contributed by atoms with E-state index in [4.69, 9.17) is 9.47 Å². The minimum atomic E-state index is -1.61. The summed E-state index contributed by atoms with van der Waals surface area (Å²) in [5.41, 5.74) is 2.04. The van der Waals surface area contributed by atoms with E-state index in [1.54, 1.807) is 26.0 Å². The van der Waals surface area contributed by atoms with Gasteiger partial charge in [0.25, 0.3) is 0 Å². The van der Waals surface area contributed by atoms with Crippen molar-refractivity contribution >= 4 is 5.97 Å². The predicted octanol–water partition coefficient (Wildman–Crippen LogP) is 8.16. The van der Waals surface area contributed by atoms with Gasteiger partial charge in [-0.2, -0.15) is 0 Å². The fourth-order valence-electron chi connectivity index (χ4n) is 3.51. The largest absolute Gasteiger partial charge is 0.494 e. The van der Waals surface area contributed by atoms with Gasteiger partial charge in [-0.05, 0) is 47.7 Å². The maximum absolute atomic E-state index is 13.7. The number of ether oxygens (including phenoxy) is 2. The third kappa shape index (κ3) is 9.42. The number of alkyl halides is 1. The van der Waals surface area contributed by atoms with Gasteiger partial charge in [-0.15, -0.1) is 0 Å². The Balaban J connectivity index is 1.69. The van der Waals surface area contributed by atoms with E-state index in [0.29, 0.717) is 5.75 Å². The van der Waals surface area contributed by atoms with Gasteiger partial charge in [0.15, 0.2) is 6.17 Å². The Bertz CT molecular complexity index is 768. The van der Waals surface area contributed by atoms with Crippen LogP contribution in [0.15, 0.2) is 48.5 Å². The highest BCUT2D eigenvalue weighted by Crippen LogP contribution is 2.25. The van der Waals surface area contributed by atoms with Crippen molar-refractivity contribution < 1.29 is 18.7 Å². The van der Waals surface area contributed by atoms with Crippen LogP contribution in [0.2, 0.25) is 0 Å². The van der Waals surface area contributed by atoms with Gasteiger partial charge in [0.2, 0.25) is 0 Å². The molecule has 0 saturated carbocycles. The second kappa shape index (κ2) is 14.7. The lowest BCUT2D eigenvalue weighted by molar-refractivity contribution is -0.141. The first-order chi connectivity index (χ1) is 15.5. The second-order valence-electron chi connectivity index (χ2n) is 8.79. The molecule has 0 saturated heterocycles. The molecular weight excluding hydrogens is 403 g/mol. The predicted molar refractivity (Wildman–Crippen MR) is 130 cm³/mol. The van der Waals surface area contributed by atoms with Crippen molar-refractivity contribution in [3.05, 3.63) is 48.5 Å². The number of rotatable bonds is 15. The summed E-state index contributed by atoms with van der Waals surface area (Å²) >= 11 is 0. The molecule has 0 aromatic heterocycles. The molecular formula is C28H39FO3. The zero-order valence-electron chi connectivity index (χ0n) is 19.9. The molecule has 2 aromatic carbocycles. The number of hydrogen-bond donors (Lipinski definition) is 0. The fraction of sp³-hybridized carbons (Fsp3) is 0.536. The summed E-state index contributed by atoms with van der Waals surface area (Å²) in [6.45, 7) is 6.31. The monoisotopic (exact) mass is 442 g/mol. The minimum absolute atomic E-state index is 0.350. The van der Waals surface area contributed by atoms with Gasteiger partial charge in [0, 0.05) is 0 Å². The van der Waals surface area contributed by atoms with Crippen LogP contribution < -0.4 is 9.47 Å². The maximum atomic E-state index is 13.7. The maximum Gasteiger partial charge on any atom is 0.346 e. The Labute approximate surface area is 193 Å². The number of benzene rings is 2. The summed E-state index contributed by atoms with van der Waals surface area (Å²) < 4.78 is 24.7. The minimum Gasteiger partial charge on any atom is -0.494 e. The standard InChI is InChI=1S/C28H39FO3/c1-4-5-6-7-8-9-10-11-12-21-31-25-17-13-23(14-18-25)24-15-19-26(20-16-24)32-28(30)27(29)22(2)3/h13-20,22,27H,4-12,21H2,1-3H3. The van der Waals surface area contributed by atoms with Crippen LogP contribution in [0.1, 0.15) is 78.6 Å². The molecule has 3 nitrogen and oxygen atoms in total. The van der Waals surface area contributed by atoms with E-state index in [2.05, 4.69) is 6.92 Å². The molecule has 1 unspecified atom stereocenters. The average Bonchev–Trinajstić information content (AvgIpc) is 2.80. The van der Waals surface area contributed by atoms with Crippen LogP contribution in [0, 0.1) is 5.92 Å². The molecule has 0 heterocycles. The molecule has 0 aliphatic rings. The normalized spacial score (nSPS) is 12.0. The molecule has 176 valence electrons. The van der Waals surface area contributed by atoms with Crippen LogP contribution in [0.4, 0.5) is 4.39 Å². The first-order valence-corrected chi connectivity index (χ1v) is 12.2. The zero-order valence-corrected chi connectivity index (χ0v) is 19.9. The first-order valence-electron chi connectivity index (χ1n) is 12.2. The Morgan fingerprint density at radius 1 is 0.750 bits per heavy atom. The Kier molecular flexibility index (Phi) is 11.9. The van der Waals surface area contributed by atoms with Crippen molar-refractivity contribution in [2.45, 2.75) is 84.7 Å². The lowest BCUT2D eigenvalue weighted by Gasteiger charge is -2.11. The summed E-state index contributed by atoms with van der Waals surface area (Å²) in [6, 6.07) is 15.1. The van der Waals surface area contributed by atoms with Gasteiger partial charge in [-0.1, -0.05) is 96.4 Å². The van der Waals surface area contributed by atoms with E-state index in [-0.39, 0.29) is 0 Å². The van der Waals surface area contributed by atoms with Gasteiger partial charge in [-0.3, -0.25) is 0 Å². The van der Waals surface area contributed by atoms with Gasteiger partial charge in [0.05, 0.1) is 6.61 Å². The molecule has 0 aliphatic carbocycles. The van der Waals surface area contributed by atoms with E-state index >= 15 is 0 Å². The van der Waals surface area contributed by atoms with E-state index < -0.39 is 18.1 Å². The molecule has 2 rings (SSSR count). The number of esters is 1. The lowest BCUT2D eigenvalue weighted by Crippen LogP contribution is -2.26. The highest BCUT2D eigenvalue weighted by atomic mass is 19.1. The molecule has 0 bridgehead atoms. The molecule has 0 spiro atoms. The number of hydrogen-bond acceptors (Lipinski definition) is 3. The molecule has 0 radical (unpaired) electrons. The van der Waals surface area contributed by atoms with Crippen LogP contribution in [-0.2, 0) is 4.79 Å². The van der Waals surface area contributed by atoms with Crippen LogP contribution in [-0.4, -0.2) is 18.7 Å². The molecule has 0 aliphatic heterocycles. The van der Waals surface area contributed by atoms with Gasteiger partial charge in [0.1, 0.15) is 11.5 Å². The molecule has 1 atom stereocenters. The van der Waals surface area contributed by atoms with E-state index in [9.17, 15) is 9.18 Å². The van der Waals surface area contributed by atoms with Crippen LogP contribution >= 0.6 is 0 Å².